The Morgan fingerprint density at radius 3 is 2.27 bits per heavy atom. The zero-order valence-corrected chi connectivity index (χ0v) is 15.4. The highest BCUT2D eigenvalue weighted by atomic mass is 16.6. The van der Waals surface area contributed by atoms with Crippen molar-refractivity contribution in [3.05, 3.63) is 59.7 Å². The molecule has 0 spiro atoms. The summed E-state index contributed by atoms with van der Waals surface area (Å²) in [7, 11) is 0. The van der Waals surface area contributed by atoms with E-state index in [1.807, 2.05) is 25.1 Å². The van der Waals surface area contributed by atoms with Crippen molar-refractivity contribution in [2.75, 3.05) is 5.32 Å². The number of nitrogens with two attached hydrogens (primary N) is 1. The van der Waals surface area contributed by atoms with Crippen LogP contribution in [0.4, 0.5) is 10.5 Å². The molecule has 0 fully saturated rings. The summed E-state index contributed by atoms with van der Waals surface area (Å²) in [5.41, 5.74) is 6.47. The fourth-order valence-electron chi connectivity index (χ4n) is 2.37. The van der Waals surface area contributed by atoms with E-state index < -0.39 is 23.7 Å². The van der Waals surface area contributed by atoms with Crippen molar-refractivity contribution in [3.63, 3.8) is 0 Å². The number of ether oxygens (including phenoxy) is 2. The second-order valence-corrected chi connectivity index (χ2v) is 6.91. The SMILES string of the molecule is Cc1cc(C(Oc2ccccc2)C(=O)OC(C)(C)C)ccc1NC(N)=O. The van der Waals surface area contributed by atoms with Gasteiger partial charge in [0.15, 0.2) is 0 Å². The van der Waals surface area contributed by atoms with Gasteiger partial charge in [-0.15, -0.1) is 0 Å². The molecule has 2 rings (SSSR count). The number of esters is 1. The number of anilines is 1. The minimum atomic E-state index is -0.932. The van der Waals surface area contributed by atoms with E-state index in [-0.39, 0.29) is 0 Å². The molecule has 2 amide bonds. The minimum Gasteiger partial charge on any atom is -0.474 e. The van der Waals surface area contributed by atoms with Crippen LogP contribution in [0.5, 0.6) is 5.75 Å². The second kappa shape index (κ2) is 7.91. The van der Waals surface area contributed by atoms with Crippen molar-refractivity contribution in [1.29, 1.82) is 0 Å². The van der Waals surface area contributed by atoms with Gasteiger partial charge in [-0.05, 0) is 57.5 Å². The smallest absolute Gasteiger partial charge is 0.352 e. The van der Waals surface area contributed by atoms with E-state index in [0.717, 1.165) is 5.56 Å². The number of primary amides is 1. The normalized spacial score (nSPS) is 12.2. The van der Waals surface area contributed by atoms with Crippen LogP contribution in [0.3, 0.4) is 0 Å². The number of carbonyl (C=O) groups excluding carboxylic acids is 2. The van der Waals surface area contributed by atoms with Crippen molar-refractivity contribution in [2.24, 2.45) is 5.73 Å². The molecule has 26 heavy (non-hydrogen) atoms. The lowest BCUT2D eigenvalue weighted by molar-refractivity contribution is -0.163. The van der Waals surface area contributed by atoms with Crippen molar-refractivity contribution in [1.82, 2.24) is 0 Å². The Morgan fingerprint density at radius 2 is 1.73 bits per heavy atom. The molecular weight excluding hydrogens is 332 g/mol. The Kier molecular flexibility index (Phi) is 5.87. The average molecular weight is 356 g/mol. The van der Waals surface area contributed by atoms with Gasteiger partial charge in [0.05, 0.1) is 0 Å². The van der Waals surface area contributed by atoms with E-state index >= 15 is 0 Å². The molecular formula is C20H24N2O4. The zero-order chi connectivity index (χ0) is 19.3. The predicted molar refractivity (Wildman–Crippen MR) is 100 cm³/mol. The number of hydrogen-bond donors (Lipinski definition) is 2. The molecule has 0 heterocycles. The van der Waals surface area contributed by atoms with E-state index in [1.54, 1.807) is 51.1 Å². The van der Waals surface area contributed by atoms with Crippen LogP contribution in [0, 0.1) is 6.92 Å². The quantitative estimate of drug-likeness (QED) is 0.794. The number of para-hydroxylation sites is 1. The summed E-state index contributed by atoms with van der Waals surface area (Å²) in [6.45, 7) is 7.21. The van der Waals surface area contributed by atoms with E-state index in [9.17, 15) is 9.59 Å². The molecule has 2 aromatic carbocycles. The maximum absolute atomic E-state index is 12.7. The van der Waals surface area contributed by atoms with Gasteiger partial charge >= 0.3 is 12.0 Å². The van der Waals surface area contributed by atoms with Crippen LogP contribution in [0.2, 0.25) is 0 Å². The number of rotatable bonds is 5. The molecule has 0 saturated heterocycles. The lowest BCUT2D eigenvalue weighted by Crippen LogP contribution is -2.30. The van der Waals surface area contributed by atoms with E-state index in [4.69, 9.17) is 15.2 Å². The summed E-state index contributed by atoms with van der Waals surface area (Å²) < 4.78 is 11.4. The second-order valence-electron chi connectivity index (χ2n) is 6.91. The van der Waals surface area contributed by atoms with Crippen molar-refractivity contribution >= 4 is 17.7 Å². The number of benzene rings is 2. The average Bonchev–Trinajstić information content (AvgIpc) is 2.53. The Labute approximate surface area is 153 Å². The maximum atomic E-state index is 12.7. The third-order valence-electron chi connectivity index (χ3n) is 3.43. The number of hydrogen-bond acceptors (Lipinski definition) is 4. The molecule has 1 atom stereocenters. The third kappa shape index (κ3) is 5.51. The monoisotopic (exact) mass is 356 g/mol. The first kappa shape index (κ1) is 19.3. The van der Waals surface area contributed by atoms with Crippen LogP contribution >= 0.6 is 0 Å². The summed E-state index contributed by atoms with van der Waals surface area (Å²) in [5.74, 6) is 0.0664. The van der Waals surface area contributed by atoms with Gasteiger partial charge in [-0.2, -0.15) is 0 Å². The minimum absolute atomic E-state index is 0.489. The van der Waals surface area contributed by atoms with Gasteiger partial charge in [0.2, 0.25) is 6.10 Å². The molecule has 1 unspecified atom stereocenters. The van der Waals surface area contributed by atoms with Crippen molar-refractivity contribution in [2.45, 2.75) is 39.4 Å². The van der Waals surface area contributed by atoms with Gasteiger partial charge in [0, 0.05) is 11.3 Å². The first-order chi connectivity index (χ1) is 12.2. The Hall–Kier alpha value is -3.02. The van der Waals surface area contributed by atoms with Gasteiger partial charge in [-0.1, -0.05) is 24.3 Å². The lowest BCUT2D eigenvalue weighted by atomic mass is 10.0. The van der Waals surface area contributed by atoms with Crippen molar-refractivity contribution < 1.29 is 19.1 Å². The molecule has 6 heteroatoms. The Bertz CT molecular complexity index is 782. The van der Waals surface area contributed by atoms with Gasteiger partial charge in [0.1, 0.15) is 11.4 Å². The molecule has 0 aromatic heterocycles. The molecule has 2 aromatic rings. The summed E-state index contributed by atoms with van der Waals surface area (Å²) >= 11 is 0. The van der Waals surface area contributed by atoms with Gasteiger partial charge in [0.25, 0.3) is 0 Å². The molecule has 3 N–H and O–H groups in total. The van der Waals surface area contributed by atoms with Crippen LogP contribution in [-0.4, -0.2) is 17.6 Å². The largest absolute Gasteiger partial charge is 0.474 e. The van der Waals surface area contributed by atoms with Gasteiger partial charge in [-0.3, -0.25) is 0 Å². The van der Waals surface area contributed by atoms with Crippen LogP contribution in [-0.2, 0) is 9.53 Å². The molecule has 0 radical (unpaired) electrons. The fraction of sp³-hybridized carbons (Fsp3) is 0.300. The molecule has 138 valence electrons. The maximum Gasteiger partial charge on any atom is 0.352 e. The van der Waals surface area contributed by atoms with Gasteiger partial charge in [-0.25, -0.2) is 9.59 Å². The fourth-order valence-corrected chi connectivity index (χ4v) is 2.37. The number of carbonyl (C=O) groups is 2. The van der Waals surface area contributed by atoms with Crippen LogP contribution in [0.1, 0.15) is 38.0 Å². The van der Waals surface area contributed by atoms with Gasteiger partial charge < -0.3 is 20.5 Å². The van der Waals surface area contributed by atoms with E-state index in [1.165, 1.54) is 0 Å². The summed E-state index contributed by atoms with van der Waals surface area (Å²) in [6, 6.07) is 13.6. The number of urea groups is 1. The number of amides is 2. The molecule has 0 aliphatic rings. The Balaban J connectivity index is 2.35. The van der Waals surface area contributed by atoms with Crippen LogP contribution in [0.25, 0.3) is 0 Å². The van der Waals surface area contributed by atoms with E-state index in [2.05, 4.69) is 5.32 Å². The lowest BCUT2D eigenvalue weighted by Gasteiger charge is -2.25. The zero-order valence-electron chi connectivity index (χ0n) is 15.4. The summed E-state index contributed by atoms with van der Waals surface area (Å²) in [6.07, 6.45) is -0.932. The number of aryl methyl sites for hydroxylation is 1. The molecule has 0 aliphatic heterocycles. The van der Waals surface area contributed by atoms with Crippen molar-refractivity contribution in [3.8, 4) is 5.75 Å². The first-order valence-electron chi connectivity index (χ1n) is 8.27. The standard InChI is InChI=1S/C20H24N2O4/c1-13-12-14(10-11-16(13)22-19(21)24)17(18(23)26-20(2,3)4)25-15-8-6-5-7-9-15/h5-12,17H,1-4H3,(H3,21,22,24). The topological polar surface area (TPSA) is 90.7 Å². The molecule has 0 bridgehead atoms. The Morgan fingerprint density at radius 1 is 1.08 bits per heavy atom. The molecule has 0 aliphatic carbocycles. The van der Waals surface area contributed by atoms with E-state index in [0.29, 0.717) is 17.0 Å². The highest BCUT2D eigenvalue weighted by Crippen LogP contribution is 2.28. The number of nitrogens with one attached hydrogen (secondary N) is 1. The highest BCUT2D eigenvalue weighted by molar-refractivity contribution is 5.89. The third-order valence-corrected chi connectivity index (χ3v) is 3.43. The molecule has 6 nitrogen and oxygen atoms in total. The molecule has 0 saturated carbocycles. The predicted octanol–water partition coefficient (Wildman–Crippen LogP) is 3.95. The summed E-state index contributed by atoms with van der Waals surface area (Å²) in [5, 5.41) is 2.54. The summed E-state index contributed by atoms with van der Waals surface area (Å²) in [4.78, 5) is 23.8. The highest BCUT2D eigenvalue weighted by Gasteiger charge is 2.29. The van der Waals surface area contributed by atoms with Crippen LogP contribution in [0.15, 0.2) is 48.5 Å². The van der Waals surface area contributed by atoms with Crippen LogP contribution < -0.4 is 15.8 Å². The first-order valence-corrected chi connectivity index (χ1v) is 8.27.